The normalized spacial score (nSPS) is 14.4. The Hall–Kier alpha value is -3.63. The molecule has 0 aliphatic carbocycles. The van der Waals surface area contributed by atoms with Gasteiger partial charge in [-0.1, -0.05) is 39.0 Å². The van der Waals surface area contributed by atoms with Crippen LogP contribution in [0.3, 0.4) is 0 Å². The zero-order chi connectivity index (χ0) is 24.0. The second-order valence-electron chi connectivity index (χ2n) is 8.70. The molecule has 0 N–H and O–H groups in total. The number of rotatable bonds is 5. The minimum atomic E-state index is -0.503. The number of nitrogens with zero attached hydrogens (tertiary/aromatic N) is 2. The van der Waals surface area contributed by atoms with Crippen LogP contribution in [0.4, 0.5) is 0 Å². The van der Waals surface area contributed by atoms with Crippen molar-refractivity contribution in [2.24, 2.45) is 0 Å². The van der Waals surface area contributed by atoms with Crippen molar-refractivity contribution >= 4 is 18.0 Å². The summed E-state index contributed by atoms with van der Waals surface area (Å²) in [6, 6.07) is 14.1. The number of benzene rings is 2. The Balaban J connectivity index is 1.77. The molecule has 172 valence electrons. The smallest absolute Gasteiger partial charge is 0.343 e. The Labute approximate surface area is 194 Å². The highest BCUT2D eigenvalue weighted by Gasteiger charge is 2.21. The van der Waals surface area contributed by atoms with Crippen molar-refractivity contribution in [3.05, 3.63) is 64.7 Å². The van der Waals surface area contributed by atoms with Crippen LogP contribution >= 0.6 is 0 Å². The minimum Gasteiger partial charge on any atom is -0.493 e. The second-order valence-corrected chi connectivity index (χ2v) is 8.70. The van der Waals surface area contributed by atoms with Gasteiger partial charge in [-0.3, -0.25) is 4.79 Å². The molecule has 1 heterocycles. The summed E-state index contributed by atoms with van der Waals surface area (Å²) in [5.74, 6) is -0.275. The van der Waals surface area contributed by atoms with Gasteiger partial charge in [0.1, 0.15) is 11.6 Å². The van der Waals surface area contributed by atoms with Gasteiger partial charge in [0.15, 0.2) is 11.5 Å². The molecule has 1 aliphatic rings. The highest BCUT2D eigenvalue weighted by atomic mass is 16.6. The average Bonchev–Trinajstić information content (AvgIpc) is 2.82. The fourth-order valence-corrected chi connectivity index (χ4v) is 3.37. The Kier molecular flexibility index (Phi) is 7.52. The number of hydrogen-bond donors (Lipinski definition) is 0. The average molecular weight is 449 g/mol. The topological polar surface area (TPSA) is 88.9 Å². The first-order valence-electron chi connectivity index (χ1n) is 10.7. The SMILES string of the molecule is COc1cc(/C=C(\C#N)C(=O)N2CCOCC2)ccc1OC(=O)c1ccc(C(C)(C)C)cc1. The lowest BCUT2D eigenvalue weighted by Crippen LogP contribution is -2.41. The predicted molar refractivity (Wildman–Crippen MR) is 124 cm³/mol. The Bertz CT molecular complexity index is 1090. The zero-order valence-corrected chi connectivity index (χ0v) is 19.4. The monoisotopic (exact) mass is 448 g/mol. The van der Waals surface area contributed by atoms with Gasteiger partial charge in [-0.05, 0) is 46.9 Å². The van der Waals surface area contributed by atoms with E-state index in [0.717, 1.165) is 5.56 Å². The van der Waals surface area contributed by atoms with E-state index in [9.17, 15) is 14.9 Å². The summed E-state index contributed by atoms with van der Waals surface area (Å²) in [6.45, 7) is 8.13. The molecule has 33 heavy (non-hydrogen) atoms. The molecule has 7 nitrogen and oxygen atoms in total. The van der Waals surface area contributed by atoms with Crippen molar-refractivity contribution in [1.82, 2.24) is 4.90 Å². The molecule has 2 aromatic carbocycles. The van der Waals surface area contributed by atoms with Crippen molar-refractivity contribution in [2.45, 2.75) is 26.2 Å². The van der Waals surface area contributed by atoms with E-state index in [1.165, 1.54) is 13.2 Å². The standard InChI is InChI=1S/C26H28N2O5/c1-26(2,3)21-8-6-19(7-9-21)25(30)33-22-10-5-18(16-23(22)31-4)15-20(17-27)24(29)28-11-13-32-14-12-28/h5-10,15-16H,11-14H2,1-4H3/b20-15+. The molecule has 0 unspecified atom stereocenters. The number of methoxy groups -OCH3 is 1. The van der Waals surface area contributed by atoms with Gasteiger partial charge in [0.2, 0.25) is 0 Å². The van der Waals surface area contributed by atoms with Crippen LogP contribution in [0.15, 0.2) is 48.0 Å². The summed E-state index contributed by atoms with van der Waals surface area (Å²) in [4.78, 5) is 26.8. The second kappa shape index (κ2) is 10.3. The molecular weight excluding hydrogens is 420 g/mol. The van der Waals surface area contributed by atoms with E-state index in [2.05, 4.69) is 20.8 Å². The Morgan fingerprint density at radius 1 is 1.06 bits per heavy atom. The molecule has 0 saturated carbocycles. The molecule has 0 bridgehead atoms. The summed E-state index contributed by atoms with van der Waals surface area (Å²) < 4.78 is 16.2. The van der Waals surface area contributed by atoms with Gasteiger partial charge in [-0.25, -0.2) is 4.79 Å². The quantitative estimate of drug-likeness (QED) is 0.298. The molecule has 7 heteroatoms. The number of ether oxygens (including phenoxy) is 3. The number of hydrogen-bond acceptors (Lipinski definition) is 6. The van der Waals surface area contributed by atoms with Crippen LogP contribution in [0.2, 0.25) is 0 Å². The van der Waals surface area contributed by atoms with E-state index in [4.69, 9.17) is 14.2 Å². The maximum Gasteiger partial charge on any atom is 0.343 e. The lowest BCUT2D eigenvalue weighted by atomic mass is 9.87. The number of morpholine rings is 1. The summed E-state index contributed by atoms with van der Waals surface area (Å²) >= 11 is 0. The molecule has 2 aromatic rings. The first kappa shape index (κ1) is 24.0. The minimum absolute atomic E-state index is 0.0134. The third kappa shape index (κ3) is 5.99. The van der Waals surface area contributed by atoms with Crippen molar-refractivity contribution in [3.8, 4) is 17.6 Å². The summed E-state index contributed by atoms with van der Waals surface area (Å²) in [5.41, 5.74) is 2.13. The summed E-state index contributed by atoms with van der Waals surface area (Å²) in [5, 5.41) is 9.49. The molecule has 0 radical (unpaired) electrons. The fraction of sp³-hybridized carbons (Fsp3) is 0.346. The lowest BCUT2D eigenvalue weighted by molar-refractivity contribution is -0.130. The van der Waals surface area contributed by atoms with Crippen molar-refractivity contribution < 1.29 is 23.8 Å². The molecule has 1 saturated heterocycles. The van der Waals surface area contributed by atoms with Crippen LogP contribution in [0.1, 0.15) is 42.3 Å². The molecule has 0 atom stereocenters. The molecule has 1 amide bonds. The van der Waals surface area contributed by atoms with E-state index in [0.29, 0.717) is 43.2 Å². The maximum absolute atomic E-state index is 12.6. The maximum atomic E-state index is 12.6. The van der Waals surface area contributed by atoms with Gasteiger partial charge < -0.3 is 19.1 Å². The highest BCUT2D eigenvalue weighted by molar-refractivity contribution is 6.01. The van der Waals surface area contributed by atoms with Gasteiger partial charge in [0.05, 0.1) is 25.9 Å². The fourth-order valence-electron chi connectivity index (χ4n) is 3.37. The third-order valence-corrected chi connectivity index (χ3v) is 5.34. The highest BCUT2D eigenvalue weighted by Crippen LogP contribution is 2.30. The largest absolute Gasteiger partial charge is 0.493 e. The molecule has 1 fully saturated rings. The van der Waals surface area contributed by atoms with Crippen LogP contribution < -0.4 is 9.47 Å². The third-order valence-electron chi connectivity index (χ3n) is 5.34. The zero-order valence-electron chi connectivity index (χ0n) is 19.4. The summed E-state index contributed by atoms with van der Waals surface area (Å²) in [7, 11) is 1.46. The van der Waals surface area contributed by atoms with E-state index in [-0.39, 0.29) is 22.6 Å². The number of esters is 1. The van der Waals surface area contributed by atoms with Crippen LogP contribution in [-0.2, 0) is 14.9 Å². The first-order chi connectivity index (χ1) is 15.7. The van der Waals surface area contributed by atoms with Gasteiger partial charge in [-0.2, -0.15) is 5.26 Å². The van der Waals surface area contributed by atoms with Crippen LogP contribution in [0, 0.1) is 11.3 Å². The number of nitriles is 1. The van der Waals surface area contributed by atoms with E-state index in [1.807, 2.05) is 18.2 Å². The Morgan fingerprint density at radius 2 is 1.73 bits per heavy atom. The van der Waals surface area contributed by atoms with Crippen LogP contribution in [0.5, 0.6) is 11.5 Å². The molecule has 1 aliphatic heterocycles. The van der Waals surface area contributed by atoms with Crippen molar-refractivity contribution in [2.75, 3.05) is 33.4 Å². The van der Waals surface area contributed by atoms with Crippen molar-refractivity contribution in [1.29, 1.82) is 5.26 Å². The number of carbonyl (C=O) groups excluding carboxylic acids is 2. The molecule has 0 spiro atoms. The van der Waals surface area contributed by atoms with Gasteiger partial charge >= 0.3 is 5.97 Å². The van der Waals surface area contributed by atoms with Gasteiger partial charge in [-0.15, -0.1) is 0 Å². The van der Waals surface area contributed by atoms with Gasteiger partial charge in [0.25, 0.3) is 5.91 Å². The molecule has 0 aromatic heterocycles. The van der Waals surface area contributed by atoms with E-state index < -0.39 is 5.97 Å². The van der Waals surface area contributed by atoms with Crippen LogP contribution in [-0.4, -0.2) is 50.2 Å². The van der Waals surface area contributed by atoms with E-state index >= 15 is 0 Å². The molecule has 3 rings (SSSR count). The summed E-state index contributed by atoms with van der Waals surface area (Å²) in [6.07, 6.45) is 1.50. The van der Waals surface area contributed by atoms with E-state index in [1.54, 1.807) is 35.2 Å². The van der Waals surface area contributed by atoms with Crippen molar-refractivity contribution in [3.63, 3.8) is 0 Å². The van der Waals surface area contributed by atoms with Gasteiger partial charge in [0, 0.05) is 13.1 Å². The number of amides is 1. The Morgan fingerprint density at radius 3 is 2.30 bits per heavy atom. The lowest BCUT2D eigenvalue weighted by Gasteiger charge is -2.26. The molecular formula is C26H28N2O5. The number of carbonyl (C=O) groups is 2. The first-order valence-corrected chi connectivity index (χ1v) is 10.7. The predicted octanol–water partition coefficient (Wildman–Crippen LogP) is 3.98. The van der Waals surface area contributed by atoms with Crippen LogP contribution in [0.25, 0.3) is 6.08 Å².